The first-order valence-corrected chi connectivity index (χ1v) is 8.94. The molecule has 0 bridgehead atoms. The molecule has 30 heavy (non-hydrogen) atoms. The number of esters is 1. The van der Waals surface area contributed by atoms with Gasteiger partial charge in [-0.2, -0.15) is 5.10 Å². The molecule has 8 heteroatoms. The van der Waals surface area contributed by atoms with E-state index >= 15 is 0 Å². The van der Waals surface area contributed by atoms with Crippen LogP contribution in [-0.2, 0) is 4.79 Å². The van der Waals surface area contributed by atoms with Gasteiger partial charge in [0.05, 0.1) is 12.5 Å². The molecule has 1 amide bonds. The van der Waals surface area contributed by atoms with Crippen LogP contribution < -0.4 is 19.6 Å². The Kier molecular flexibility index (Phi) is 5.56. The molecule has 0 unspecified atom stereocenters. The lowest BCUT2D eigenvalue weighted by Crippen LogP contribution is -2.17. The van der Waals surface area contributed by atoms with Crippen LogP contribution in [0.3, 0.4) is 0 Å². The van der Waals surface area contributed by atoms with E-state index < -0.39 is 11.9 Å². The van der Waals surface area contributed by atoms with Crippen molar-refractivity contribution in [2.45, 2.75) is 0 Å². The first kappa shape index (κ1) is 19.0. The van der Waals surface area contributed by atoms with Gasteiger partial charge in [-0.1, -0.05) is 12.1 Å². The molecule has 1 N–H and O–H groups in total. The lowest BCUT2D eigenvalue weighted by Gasteiger charge is -2.03. The number of nitrogens with zero attached hydrogens (tertiary/aromatic N) is 1. The van der Waals surface area contributed by atoms with E-state index in [9.17, 15) is 9.59 Å². The molecule has 1 aromatic heterocycles. The number of benzene rings is 2. The number of carbonyl (C=O) groups is 2. The fourth-order valence-electron chi connectivity index (χ4n) is 2.61. The van der Waals surface area contributed by atoms with Crippen molar-refractivity contribution in [3.05, 3.63) is 83.8 Å². The summed E-state index contributed by atoms with van der Waals surface area (Å²) in [5.41, 5.74) is 3.47. The van der Waals surface area contributed by atoms with E-state index in [0.29, 0.717) is 34.1 Å². The largest absolute Gasteiger partial charge is 0.465 e. The number of nitrogens with one attached hydrogen (secondary N) is 1. The summed E-state index contributed by atoms with van der Waals surface area (Å²) in [6.45, 7) is 0.137. The van der Waals surface area contributed by atoms with Crippen LogP contribution >= 0.6 is 0 Å². The summed E-state index contributed by atoms with van der Waals surface area (Å²) in [4.78, 5) is 24.1. The third kappa shape index (κ3) is 4.74. The number of ether oxygens (including phenoxy) is 3. The molecule has 150 valence electrons. The van der Waals surface area contributed by atoms with E-state index in [-0.39, 0.29) is 6.79 Å². The maximum atomic E-state index is 12.2. The maximum Gasteiger partial charge on any atom is 0.336 e. The molecule has 0 radical (unpaired) electrons. The topological polar surface area (TPSA) is 99.4 Å². The molecular formula is C22H16N2O6. The van der Waals surface area contributed by atoms with Crippen LogP contribution in [0.4, 0.5) is 0 Å². The van der Waals surface area contributed by atoms with Crippen LogP contribution in [0.2, 0.25) is 0 Å². The van der Waals surface area contributed by atoms with Crippen LogP contribution in [0.5, 0.6) is 17.2 Å². The zero-order chi connectivity index (χ0) is 20.8. The third-order valence-electron chi connectivity index (χ3n) is 4.02. The van der Waals surface area contributed by atoms with Crippen molar-refractivity contribution in [2.75, 3.05) is 6.79 Å². The number of hydrazone groups is 1. The Hall–Kier alpha value is -4.33. The zero-order valence-corrected chi connectivity index (χ0v) is 15.6. The maximum absolute atomic E-state index is 12.2. The summed E-state index contributed by atoms with van der Waals surface area (Å²) in [7, 11) is 0. The molecule has 0 fully saturated rings. The molecular weight excluding hydrogens is 388 g/mol. The van der Waals surface area contributed by atoms with Gasteiger partial charge in [0.1, 0.15) is 11.5 Å². The molecule has 8 nitrogen and oxygen atoms in total. The molecule has 0 saturated heterocycles. The standard InChI is InChI=1S/C22H16N2O6/c25-21(9-7-17-5-2-10-27-17)30-18-4-1-3-15(11-18)13-23-24-22(26)16-6-8-19-20(12-16)29-14-28-19/h1-13H,14H2,(H,24,26)/b9-7+,23-13+. The highest BCUT2D eigenvalue weighted by Gasteiger charge is 2.15. The van der Waals surface area contributed by atoms with Gasteiger partial charge in [-0.05, 0) is 54.1 Å². The summed E-state index contributed by atoms with van der Waals surface area (Å²) >= 11 is 0. The number of furan rings is 1. The first-order valence-electron chi connectivity index (χ1n) is 8.94. The third-order valence-corrected chi connectivity index (χ3v) is 4.02. The van der Waals surface area contributed by atoms with E-state index in [0.717, 1.165) is 0 Å². The number of fused-ring (bicyclic) bond motifs is 1. The summed E-state index contributed by atoms with van der Waals surface area (Å²) in [6, 6.07) is 15.0. The van der Waals surface area contributed by atoms with Gasteiger partial charge in [0, 0.05) is 11.6 Å². The highest BCUT2D eigenvalue weighted by atomic mass is 16.7. The van der Waals surface area contributed by atoms with Gasteiger partial charge in [-0.15, -0.1) is 0 Å². The minimum absolute atomic E-state index is 0.137. The van der Waals surface area contributed by atoms with Crippen LogP contribution in [0, 0.1) is 0 Å². The number of carbonyl (C=O) groups excluding carboxylic acids is 2. The minimum Gasteiger partial charge on any atom is -0.465 e. The fraction of sp³-hybridized carbons (Fsp3) is 0.0455. The predicted molar refractivity (Wildman–Crippen MR) is 107 cm³/mol. The second-order valence-corrected chi connectivity index (χ2v) is 6.11. The van der Waals surface area contributed by atoms with Crippen LogP contribution in [0.25, 0.3) is 6.08 Å². The molecule has 0 saturated carbocycles. The quantitative estimate of drug-likeness (QED) is 0.222. The molecule has 2 aromatic carbocycles. The molecule has 1 aliphatic heterocycles. The highest BCUT2D eigenvalue weighted by molar-refractivity contribution is 5.95. The average Bonchev–Trinajstić information content (AvgIpc) is 3.43. The van der Waals surface area contributed by atoms with Gasteiger partial charge in [0.2, 0.25) is 6.79 Å². The highest BCUT2D eigenvalue weighted by Crippen LogP contribution is 2.32. The Morgan fingerprint density at radius 2 is 1.93 bits per heavy atom. The molecule has 2 heterocycles. The molecule has 3 aromatic rings. The first-order chi connectivity index (χ1) is 14.7. The van der Waals surface area contributed by atoms with Crippen LogP contribution in [0.1, 0.15) is 21.7 Å². The monoisotopic (exact) mass is 404 g/mol. The molecule has 4 rings (SSSR count). The SMILES string of the molecule is O=C(/C=C/c1ccco1)Oc1cccc(/C=N/NC(=O)c2ccc3c(c2)OCO3)c1. The predicted octanol–water partition coefficient (Wildman–Crippen LogP) is 3.39. The lowest BCUT2D eigenvalue weighted by molar-refractivity contribution is -0.128. The van der Waals surface area contributed by atoms with E-state index in [4.69, 9.17) is 18.6 Å². The van der Waals surface area contributed by atoms with Crippen molar-refractivity contribution in [2.24, 2.45) is 5.10 Å². The van der Waals surface area contributed by atoms with Gasteiger partial charge in [-0.25, -0.2) is 10.2 Å². The summed E-state index contributed by atoms with van der Waals surface area (Å²) in [6.07, 6.45) is 5.74. The zero-order valence-electron chi connectivity index (χ0n) is 15.6. The van der Waals surface area contributed by atoms with Crippen LogP contribution in [-0.4, -0.2) is 24.9 Å². The number of hydrogen-bond donors (Lipinski definition) is 1. The van der Waals surface area contributed by atoms with Gasteiger partial charge < -0.3 is 18.6 Å². The second-order valence-electron chi connectivity index (χ2n) is 6.11. The van der Waals surface area contributed by atoms with Gasteiger partial charge in [0.25, 0.3) is 5.91 Å². The normalized spacial score (nSPS) is 12.4. The fourth-order valence-corrected chi connectivity index (χ4v) is 2.61. The van der Waals surface area contributed by atoms with E-state index in [1.54, 1.807) is 54.6 Å². The van der Waals surface area contributed by atoms with Crippen molar-refractivity contribution in [3.63, 3.8) is 0 Å². The van der Waals surface area contributed by atoms with Crippen molar-refractivity contribution in [1.82, 2.24) is 5.43 Å². The Balaban J connectivity index is 1.34. The Morgan fingerprint density at radius 3 is 2.80 bits per heavy atom. The van der Waals surface area contributed by atoms with Crippen LogP contribution in [0.15, 0.2) is 76.5 Å². The average molecular weight is 404 g/mol. The molecule has 0 aliphatic carbocycles. The Morgan fingerprint density at radius 1 is 1.03 bits per heavy atom. The summed E-state index contributed by atoms with van der Waals surface area (Å²) in [5, 5.41) is 3.94. The van der Waals surface area contributed by atoms with Crippen molar-refractivity contribution >= 4 is 24.2 Å². The number of hydrogen-bond acceptors (Lipinski definition) is 7. The van der Waals surface area contributed by atoms with E-state index in [2.05, 4.69) is 10.5 Å². The number of rotatable bonds is 6. The van der Waals surface area contributed by atoms with Crippen molar-refractivity contribution in [1.29, 1.82) is 0 Å². The van der Waals surface area contributed by atoms with Gasteiger partial charge in [-0.3, -0.25) is 4.79 Å². The molecule has 0 atom stereocenters. The van der Waals surface area contributed by atoms with E-state index in [1.165, 1.54) is 24.6 Å². The molecule has 1 aliphatic rings. The Bertz CT molecular complexity index is 1120. The van der Waals surface area contributed by atoms with Crippen molar-refractivity contribution in [3.8, 4) is 17.2 Å². The summed E-state index contributed by atoms with van der Waals surface area (Å²) < 4.78 is 20.8. The van der Waals surface area contributed by atoms with Gasteiger partial charge in [0.15, 0.2) is 11.5 Å². The van der Waals surface area contributed by atoms with E-state index in [1.807, 2.05) is 0 Å². The Labute approximate surface area is 171 Å². The molecule has 0 spiro atoms. The van der Waals surface area contributed by atoms with Gasteiger partial charge >= 0.3 is 5.97 Å². The minimum atomic E-state index is -0.545. The summed E-state index contributed by atoms with van der Waals surface area (Å²) in [5.74, 6) is 1.07. The number of amides is 1. The lowest BCUT2D eigenvalue weighted by atomic mass is 10.2. The second kappa shape index (κ2) is 8.78. The van der Waals surface area contributed by atoms with Crippen molar-refractivity contribution < 1.29 is 28.2 Å². The smallest absolute Gasteiger partial charge is 0.336 e.